The second kappa shape index (κ2) is 5.86. The molecular formula is C17H16ClN3S. The molecule has 0 amide bonds. The molecule has 0 spiro atoms. The van der Waals surface area contributed by atoms with Crippen molar-refractivity contribution < 1.29 is 0 Å². The zero-order valence-electron chi connectivity index (χ0n) is 12.1. The maximum atomic E-state index is 6.28. The summed E-state index contributed by atoms with van der Waals surface area (Å²) in [6.45, 7) is 2.21. The summed E-state index contributed by atoms with van der Waals surface area (Å²) in [6.07, 6.45) is 3.84. The molecule has 1 aliphatic rings. The Balaban J connectivity index is 1.73. The molecule has 1 fully saturated rings. The minimum Gasteiger partial charge on any atom is -0.357 e. The Bertz CT molecular complexity index is 809. The third-order valence-corrected chi connectivity index (χ3v) is 5.35. The Labute approximate surface area is 138 Å². The molecule has 0 N–H and O–H groups in total. The summed E-state index contributed by atoms with van der Waals surface area (Å²) in [6, 6.07) is 12.0. The van der Waals surface area contributed by atoms with Crippen LogP contribution in [-0.2, 0) is 0 Å². The fraction of sp³-hybridized carbons (Fsp3) is 0.294. The molecule has 1 saturated heterocycles. The minimum atomic E-state index is 0.734. The number of piperidine rings is 1. The van der Waals surface area contributed by atoms with Gasteiger partial charge in [0.2, 0.25) is 0 Å². The number of aromatic nitrogens is 2. The van der Waals surface area contributed by atoms with Gasteiger partial charge in [-0.3, -0.25) is 0 Å². The van der Waals surface area contributed by atoms with E-state index in [1.807, 2.05) is 24.3 Å². The first-order chi connectivity index (χ1) is 10.8. The van der Waals surface area contributed by atoms with Gasteiger partial charge in [0.25, 0.3) is 0 Å². The predicted molar refractivity (Wildman–Crippen MR) is 93.9 cm³/mol. The number of halogens is 1. The van der Waals surface area contributed by atoms with E-state index in [0.29, 0.717) is 0 Å². The van der Waals surface area contributed by atoms with Crippen LogP contribution in [0.15, 0.2) is 36.4 Å². The van der Waals surface area contributed by atoms with Gasteiger partial charge in [0.15, 0.2) is 0 Å². The molecule has 4 rings (SSSR count). The molecule has 3 aromatic rings. The van der Waals surface area contributed by atoms with Gasteiger partial charge in [0.1, 0.15) is 21.2 Å². The van der Waals surface area contributed by atoms with Crippen LogP contribution < -0.4 is 4.90 Å². The van der Waals surface area contributed by atoms with Crippen molar-refractivity contribution in [2.75, 3.05) is 18.0 Å². The van der Waals surface area contributed by atoms with E-state index in [-0.39, 0.29) is 0 Å². The quantitative estimate of drug-likeness (QED) is 0.662. The van der Waals surface area contributed by atoms with Gasteiger partial charge in [0.05, 0.1) is 5.02 Å². The Morgan fingerprint density at radius 1 is 0.955 bits per heavy atom. The van der Waals surface area contributed by atoms with Crippen molar-refractivity contribution in [3.05, 3.63) is 41.4 Å². The molecule has 112 valence electrons. The average Bonchev–Trinajstić information content (AvgIpc) is 2.99. The van der Waals surface area contributed by atoms with Gasteiger partial charge >= 0.3 is 0 Å². The number of thiazole rings is 1. The number of hydrogen-bond acceptors (Lipinski definition) is 4. The zero-order chi connectivity index (χ0) is 14.9. The lowest BCUT2D eigenvalue weighted by Crippen LogP contribution is -2.29. The third-order valence-electron chi connectivity index (χ3n) is 4.03. The van der Waals surface area contributed by atoms with Crippen LogP contribution in [0.3, 0.4) is 0 Å². The van der Waals surface area contributed by atoms with Crippen molar-refractivity contribution in [2.45, 2.75) is 19.3 Å². The van der Waals surface area contributed by atoms with Gasteiger partial charge in [-0.15, -0.1) is 0 Å². The topological polar surface area (TPSA) is 29.0 Å². The predicted octanol–water partition coefficient (Wildman–Crippen LogP) is 5.00. The summed E-state index contributed by atoms with van der Waals surface area (Å²) in [4.78, 5) is 12.9. The molecule has 0 unspecified atom stereocenters. The van der Waals surface area contributed by atoms with E-state index >= 15 is 0 Å². The van der Waals surface area contributed by atoms with Crippen LogP contribution in [0.5, 0.6) is 0 Å². The molecule has 3 nitrogen and oxygen atoms in total. The standard InChI is InChI=1S/C17H16ClN3S/c18-13-7-3-2-6-12(13)16-19-14-8-9-15(20-17(14)22-16)21-10-4-1-5-11-21/h2-3,6-9H,1,4-5,10-11H2. The molecule has 0 radical (unpaired) electrons. The molecule has 0 saturated carbocycles. The number of rotatable bonds is 2. The lowest BCUT2D eigenvalue weighted by molar-refractivity contribution is 0.574. The molecule has 0 aliphatic carbocycles. The second-order valence-electron chi connectivity index (χ2n) is 5.54. The van der Waals surface area contributed by atoms with Crippen molar-refractivity contribution >= 4 is 39.1 Å². The van der Waals surface area contributed by atoms with Gasteiger partial charge in [-0.05, 0) is 37.5 Å². The SMILES string of the molecule is Clc1ccccc1-c1nc2ccc(N3CCCCC3)nc2s1. The van der Waals surface area contributed by atoms with E-state index in [4.69, 9.17) is 16.6 Å². The summed E-state index contributed by atoms with van der Waals surface area (Å²) in [5, 5.41) is 1.67. The molecular weight excluding hydrogens is 314 g/mol. The van der Waals surface area contributed by atoms with Crippen LogP contribution in [0.2, 0.25) is 5.02 Å². The van der Waals surface area contributed by atoms with Crippen LogP contribution in [0.1, 0.15) is 19.3 Å². The number of hydrogen-bond donors (Lipinski definition) is 0. The largest absolute Gasteiger partial charge is 0.357 e. The van der Waals surface area contributed by atoms with Crippen LogP contribution in [-0.4, -0.2) is 23.1 Å². The smallest absolute Gasteiger partial charge is 0.146 e. The molecule has 0 bridgehead atoms. The molecule has 3 heterocycles. The Hall–Kier alpha value is -1.65. The third kappa shape index (κ3) is 2.57. The lowest BCUT2D eigenvalue weighted by atomic mass is 10.1. The minimum absolute atomic E-state index is 0.734. The summed E-state index contributed by atoms with van der Waals surface area (Å²) >= 11 is 7.89. The Kier molecular flexibility index (Phi) is 3.72. The van der Waals surface area contributed by atoms with E-state index in [1.165, 1.54) is 19.3 Å². The van der Waals surface area contributed by atoms with Crippen LogP contribution in [0.4, 0.5) is 5.82 Å². The van der Waals surface area contributed by atoms with Crippen LogP contribution in [0.25, 0.3) is 20.9 Å². The monoisotopic (exact) mass is 329 g/mol. The Morgan fingerprint density at radius 3 is 2.59 bits per heavy atom. The molecule has 5 heteroatoms. The molecule has 0 atom stereocenters. The average molecular weight is 330 g/mol. The summed E-state index contributed by atoms with van der Waals surface area (Å²) in [7, 11) is 0. The van der Waals surface area contributed by atoms with E-state index < -0.39 is 0 Å². The normalized spacial score (nSPS) is 15.4. The van der Waals surface area contributed by atoms with Gasteiger partial charge < -0.3 is 4.90 Å². The summed E-state index contributed by atoms with van der Waals surface area (Å²) in [5.41, 5.74) is 1.92. The van der Waals surface area contributed by atoms with Crippen molar-refractivity contribution in [3.63, 3.8) is 0 Å². The number of nitrogens with zero attached hydrogens (tertiary/aromatic N) is 3. The van der Waals surface area contributed by atoms with E-state index in [1.54, 1.807) is 11.3 Å². The second-order valence-corrected chi connectivity index (χ2v) is 6.93. The van der Waals surface area contributed by atoms with Crippen LogP contribution >= 0.6 is 22.9 Å². The lowest BCUT2D eigenvalue weighted by Gasteiger charge is -2.27. The number of pyridine rings is 1. The first-order valence-electron chi connectivity index (χ1n) is 7.59. The van der Waals surface area contributed by atoms with Crippen molar-refractivity contribution in [1.82, 2.24) is 9.97 Å². The van der Waals surface area contributed by atoms with Crippen LogP contribution in [0, 0.1) is 0 Å². The fourth-order valence-electron chi connectivity index (χ4n) is 2.86. The highest BCUT2D eigenvalue weighted by atomic mass is 35.5. The molecule has 1 aliphatic heterocycles. The maximum Gasteiger partial charge on any atom is 0.146 e. The number of benzene rings is 1. The van der Waals surface area contributed by atoms with E-state index in [0.717, 1.165) is 44.8 Å². The van der Waals surface area contributed by atoms with Crippen molar-refractivity contribution in [1.29, 1.82) is 0 Å². The van der Waals surface area contributed by atoms with Crippen molar-refractivity contribution in [2.24, 2.45) is 0 Å². The highest BCUT2D eigenvalue weighted by Crippen LogP contribution is 2.34. The van der Waals surface area contributed by atoms with Gasteiger partial charge in [-0.1, -0.05) is 41.1 Å². The number of anilines is 1. The molecule has 22 heavy (non-hydrogen) atoms. The van der Waals surface area contributed by atoms with Gasteiger partial charge in [0, 0.05) is 18.7 Å². The highest BCUT2D eigenvalue weighted by molar-refractivity contribution is 7.21. The van der Waals surface area contributed by atoms with E-state index in [2.05, 4.69) is 22.0 Å². The molecule has 2 aromatic heterocycles. The maximum absolute atomic E-state index is 6.28. The van der Waals surface area contributed by atoms with Crippen molar-refractivity contribution in [3.8, 4) is 10.6 Å². The number of fused-ring (bicyclic) bond motifs is 1. The summed E-state index contributed by atoms with van der Waals surface area (Å²) in [5.74, 6) is 1.07. The first-order valence-corrected chi connectivity index (χ1v) is 8.78. The Morgan fingerprint density at radius 2 is 1.77 bits per heavy atom. The summed E-state index contributed by atoms with van der Waals surface area (Å²) < 4.78 is 0. The highest BCUT2D eigenvalue weighted by Gasteiger charge is 2.15. The molecule has 1 aromatic carbocycles. The van der Waals surface area contributed by atoms with E-state index in [9.17, 15) is 0 Å². The van der Waals surface area contributed by atoms with Gasteiger partial charge in [-0.25, -0.2) is 9.97 Å². The van der Waals surface area contributed by atoms with Gasteiger partial charge in [-0.2, -0.15) is 0 Å². The zero-order valence-corrected chi connectivity index (χ0v) is 13.7. The fourth-order valence-corrected chi connectivity index (χ4v) is 4.11. The first kappa shape index (κ1) is 14.0.